The number of hydrogen-bond donors (Lipinski definition) is 1. The quantitative estimate of drug-likeness (QED) is 0.166. The normalized spacial score (nSPS) is 16.3. The van der Waals surface area contributed by atoms with Crippen LogP contribution in [0.5, 0.6) is 5.75 Å². The van der Waals surface area contributed by atoms with Gasteiger partial charge in [0.15, 0.2) is 0 Å². The molecule has 1 fully saturated rings. The zero-order chi connectivity index (χ0) is 28.4. The van der Waals surface area contributed by atoms with Crippen LogP contribution in [0.1, 0.15) is 33.9 Å². The van der Waals surface area contributed by atoms with E-state index in [0.717, 1.165) is 27.9 Å². The molecule has 1 saturated heterocycles. The lowest BCUT2D eigenvalue weighted by molar-refractivity contribution is -0.132. The smallest absolute Gasteiger partial charge is 0.300 e. The second-order valence-electron chi connectivity index (χ2n) is 10.2. The molecule has 1 N–H and O–H groups in total. The van der Waals surface area contributed by atoms with Crippen molar-refractivity contribution in [1.82, 2.24) is 0 Å². The highest BCUT2D eigenvalue weighted by Gasteiger charge is 2.47. The Hall–Kier alpha value is -4.84. The van der Waals surface area contributed by atoms with Gasteiger partial charge in [0.1, 0.15) is 18.1 Å². The highest BCUT2D eigenvalue weighted by molar-refractivity contribution is 6.51. The van der Waals surface area contributed by atoms with Crippen molar-refractivity contribution < 1.29 is 19.4 Å². The van der Waals surface area contributed by atoms with E-state index in [1.54, 1.807) is 18.2 Å². The summed E-state index contributed by atoms with van der Waals surface area (Å²) >= 11 is 0. The Morgan fingerprint density at radius 3 is 2.17 bits per heavy atom. The molecule has 0 aromatic heterocycles. The van der Waals surface area contributed by atoms with Crippen molar-refractivity contribution in [2.45, 2.75) is 26.5 Å². The van der Waals surface area contributed by atoms with Crippen LogP contribution in [0.2, 0.25) is 0 Å². The predicted octanol–water partition coefficient (Wildman–Crippen LogP) is 6.57. The number of benzene rings is 4. The summed E-state index contributed by atoms with van der Waals surface area (Å²) in [5.74, 6) is -0.924. The largest absolute Gasteiger partial charge is 0.507 e. The summed E-state index contributed by atoms with van der Waals surface area (Å²) in [6, 6.07) is 29.5. The Labute approximate surface area is 234 Å². The fourth-order valence-corrected chi connectivity index (χ4v) is 5.03. The fourth-order valence-electron chi connectivity index (χ4n) is 5.03. The van der Waals surface area contributed by atoms with Crippen molar-refractivity contribution in [3.63, 3.8) is 0 Å². The summed E-state index contributed by atoms with van der Waals surface area (Å²) in [6.45, 7) is 4.20. The number of aryl methyl sites for hydroxylation is 2. The first-order chi connectivity index (χ1) is 19.3. The Morgan fingerprint density at radius 1 is 0.850 bits per heavy atom. The number of carbonyl (C=O) groups excluding carboxylic acids is 2. The standard InChI is InChI=1S/C34H32N2O4/c1-22-10-8-9-13-28(22)36-31(25-14-17-27(18-15-25)35(3)4)30(33(38)34(36)39)32(37)26-16-19-29(23(2)20-26)40-21-24-11-6-5-7-12-24/h5-20,31,37H,21H2,1-4H3/b32-30-. The van der Waals surface area contributed by atoms with Gasteiger partial charge in [0.05, 0.1) is 11.6 Å². The van der Waals surface area contributed by atoms with Gasteiger partial charge in [0.25, 0.3) is 11.7 Å². The second kappa shape index (κ2) is 11.1. The number of anilines is 2. The number of ether oxygens (including phenoxy) is 1. The van der Waals surface area contributed by atoms with Crippen LogP contribution < -0.4 is 14.5 Å². The molecule has 1 aliphatic rings. The summed E-state index contributed by atoms with van der Waals surface area (Å²) < 4.78 is 6.00. The molecule has 40 heavy (non-hydrogen) atoms. The lowest BCUT2D eigenvalue weighted by Crippen LogP contribution is -2.30. The van der Waals surface area contributed by atoms with Crippen molar-refractivity contribution >= 4 is 28.8 Å². The number of Topliss-reactive ketones (excluding diaryl/α,β-unsaturated/α-hetero) is 1. The van der Waals surface area contributed by atoms with Crippen LogP contribution in [-0.2, 0) is 16.2 Å². The molecule has 0 spiro atoms. The lowest BCUT2D eigenvalue weighted by Gasteiger charge is -2.27. The summed E-state index contributed by atoms with van der Waals surface area (Å²) in [6.07, 6.45) is 0. The zero-order valence-corrected chi connectivity index (χ0v) is 23.1. The third-order valence-corrected chi connectivity index (χ3v) is 7.23. The molecule has 1 heterocycles. The Kier molecular flexibility index (Phi) is 7.43. The minimum atomic E-state index is -0.786. The van der Waals surface area contributed by atoms with Gasteiger partial charge in [-0.25, -0.2) is 0 Å². The van der Waals surface area contributed by atoms with Gasteiger partial charge in [0, 0.05) is 31.0 Å². The number of hydrogen-bond acceptors (Lipinski definition) is 5. The molecule has 0 bridgehead atoms. The van der Waals surface area contributed by atoms with E-state index in [1.165, 1.54) is 4.90 Å². The molecule has 202 valence electrons. The maximum absolute atomic E-state index is 13.5. The number of amides is 1. The third kappa shape index (κ3) is 5.08. The monoisotopic (exact) mass is 532 g/mol. The first-order valence-electron chi connectivity index (χ1n) is 13.2. The maximum atomic E-state index is 13.5. The highest BCUT2D eigenvalue weighted by Crippen LogP contribution is 2.43. The average molecular weight is 533 g/mol. The number of carbonyl (C=O) groups is 2. The molecule has 6 nitrogen and oxygen atoms in total. The lowest BCUT2D eigenvalue weighted by atomic mass is 9.94. The molecule has 4 aromatic rings. The minimum absolute atomic E-state index is 0.0585. The van der Waals surface area contributed by atoms with Crippen molar-refractivity contribution in [3.8, 4) is 5.75 Å². The Bertz CT molecular complexity index is 1590. The van der Waals surface area contributed by atoms with E-state index >= 15 is 0 Å². The van der Waals surface area contributed by atoms with Gasteiger partial charge in [-0.2, -0.15) is 0 Å². The van der Waals surface area contributed by atoms with Gasteiger partial charge in [-0.05, 0) is 72.5 Å². The van der Waals surface area contributed by atoms with E-state index in [1.807, 2.05) is 112 Å². The molecular weight excluding hydrogens is 500 g/mol. The van der Waals surface area contributed by atoms with Crippen LogP contribution in [0.3, 0.4) is 0 Å². The molecule has 1 aliphatic heterocycles. The fraction of sp³-hybridized carbons (Fsp3) is 0.176. The Morgan fingerprint density at radius 2 is 1.52 bits per heavy atom. The summed E-state index contributed by atoms with van der Waals surface area (Å²) in [7, 11) is 3.90. The molecule has 0 radical (unpaired) electrons. The summed E-state index contributed by atoms with van der Waals surface area (Å²) in [5, 5.41) is 11.6. The van der Waals surface area contributed by atoms with Gasteiger partial charge in [-0.1, -0.05) is 60.7 Å². The van der Waals surface area contributed by atoms with Crippen molar-refractivity contribution in [2.24, 2.45) is 0 Å². The second-order valence-corrected chi connectivity index (χ2v) is 10.2. The minimum Gasteiger partial charge on any atom is -0.507 e. The molecule has 6 heteroatoms. The Balaban J connectivity index is 1.57. The van der Waals surface area contributed by atoms with E-state index < -0.39 is 17.7 Å². The van der Waals surface area contributed by atoms with Gasteiger partial charge in [-0.3, -0.25) is 14.5 Å². The first kappa shape index (κ1) is 26.8. The molecule has 1 unspecified atom stereocenters. The summed E-state index contributed by atoms with van der Waals surface area (Å²) in [4.78, 5) is 30.5. The molecule has 0 saturated carbocycles. The van der Waals surface area contributed by atoms with Crippen molar-refractivity contribution in [2.75, 3.05) is 23.9 Å². The first-order valence-corrected chi connectivity index (χ1v) is 13.2. The number of rotatable bonds is 7. The van der Waals surface area contributed by atoms with E-state index in [9.17, 15) is 14.7 Å². The van der Waals surface area contributed by atoms with Gasteiger partial charge >= 0.3 is 0 Å². The molecule has 0 aliphatic carbocycles. The van der Waals surface area contributed by atoms with Gasteiger partial charge in [0.2, 0.25) is 0 Å². The number of para-hydroxylation sites is 1. The number of nitrogens with zero attached hydrogens (tertiary/aromatic N) is 2. The third-order valence-electron chi connectivity index (χ3n) is 7.23. The summed E-state index contributed by atoms with van der Waals surface area (Å²) in [5.41, 5.74) is 5.56. The van der Waals surface area contributed by atoms with Crippen LogP contribution in [-0.4, -0.2) is 30.9 Å². The number of aliphatic hydroxyl groups excluding tert-OH is 1. The van der Waals surface area contributed by atoms with Crippen LogP contribution >= 0.6 is 0 Å². The molecule has 5 rings (SSSR count). The zero-order valence-electron chi connectivity index (χ0n) is 23.1. The number of ketones is 1. The van der Waals surface area contributed by atoms with E-state index in [2.05, 4.69) is 0 Å². The van der Waals surface area contributed by atoms with Crippen LogP contribution in [0.25, 0.3) is 5.76 Å². The van der Waals surface area contributed by atoms with Crippen molar-refractivity contribution in [3.05, 3.63) is 130 Å². The molecular formula is C34H32N2O4. The van der Waals surface area contributed by atoms with Crippen LogP contribution in [0.15, 0.2) is 103 Å². The average Bonchev–Trinajstić information content (AvgIpc) is 3.22. The molecule has 1 amide bonds. The SMILES string of the molecule is Cc1cc(/C(O)=C2/C(=O)C(=O)N(c3ccccc3C)C2c2ccc(N(C)C)cc2)ccc1OCc1ccccc1. The van der Waals surface area contributed by atoms with Crippen LogP contribution in [0.4, 0.5) is 11.4 Å². The predicted molar refractivity (Wildman–Crippen MR) is 159 cm³/mol. The molecule has 4 aromatic carbocycles. The topological polar surface area (TPSA) is 70.1 Å². The van der Waals surface area contributed by atoms with E-state index in [4.69, 9.17) is 4.74 Å². The molecule has 1 atom stereocenters. The number of aliphatic hydroxyl groups is 1. The van der Waals surface area contributed by atoms with Crippen LogP contribution in [0, 0.1) is 13.8 Å². The van der Waals surface area contributed by atoms with Gasteiger partial charge < -0.3 is 14.7 Å². The van der Waals surface area contributed by atoms with Crippen molar-refractivity contribution in [1.29, 1.82) is 0 Å². The van der Waals surface area contributed by atoms with E-state index in [-0.39, 0.29) is 11.3 Å². The maximum Gasteiger partial charge on any atom is 0.300 e. The van der Waals surface area contributed by atoms with E-state index in [0.29, 0.717) is 23.6 Å². The van der Waals surface area contributed by atoms with Gasteiger partial charge in [-0.15, -0.1) is 0 Å². The highest BCUT2D eigenvalue weighted by atomic mass is 16.5.